The number of fused-ring (bicyclic) bond motifs is 2. The van der Waals surface area contributed by atoms with E-state index in [0.717, 1.165) is 10.1 Å². The van der Waals surface area contributed by atoms with E-state index in [4.69, 9.17) is 11.6 Å². The number of hydrogen-bond acceptors (Lipinski definition) is 4. The van der Waals surface area contributed by atoms with Gasteiger partial charge in [0.2, 0.25) is 0 Å². The maximum atomic E-state index is 15.3. The lowest BCUT2D eigenvalue weighted by Gasteiger charge is -2.07. The van der Waals surface area contributed by atoms with Gasteiger partial charge in [0, 0.05) is 61.3 Å². The van der Waals surface area contributed by atoms with E-state index in [2.05, 4.69) is 5.32 Å². The van der Waals surface area contributed by atoms with Crippen LogP contribution in [0.2, 0.25) is 5.02 Å². The molecule has 1 aliphatic heterocycles. The van der Waals surface area contributed by atoms with Crippen molar-refractivity contribution in [1.82, 2.24) is 9.88 Å². The number of amides is 2. The summed E-state index contributed by atoms with van der Waals surface area (Å²) in [4.78, 5) is 25.9. The Morgan fingerprint density at radius 3 is 2.37 bits per heavy atom. The fraction of sp³-hybridized carbons (Fsp3) is 0.0370. The monoisotopic (exact) mass is 502 g/mol. The van der Waals surface area contributed by atoms with Crippen LogP contribution in [-0.2, 0) is 16.6 Å². The van der Waals surface area contributed by atoms with Crippen LogP contribution in [0.25, 0.3) is 43.3 Å². The Morgan fingerprint density at radius 2 is 1.63 bits per heavy atom. The number of aryl methyl sites for hydroxylation is 1. The fourth-order valence-electron chi connectivity index (χ4n) is 4.63. The summed E-state index contributed by atoms with van der Waals surface area (Å²) in [6.07, 6.45) is 1.74. The summed E-state index contributed by atoms with van der Waals surface area (Å²) in [6.45, 7) is 0. The quantitative estimate of drug-likeness (QED) is 0.292. The highest BCUT2D eigenvalue weighted by atomic mass is 35.5. The topological polar surface area (TPSA) is 71.3 Å². The molecule has 35 heavy (non-hydrogen) atoms. The van der Waals surface area contributed by atoms with Gasteiger partial charge in [-0.15, -0.1) is 11.3 Å². The zero-order valence-electron chi connectivity index (χ0n) is 18.2. The summed E-state index contributed by atoms with van der Waals surface area (Å²) in [7, 11) is 1.81. The third-order valence-corrected chi connectivity index (χ3v) is 7.46. The molecule has 0 saturated heterocycles. The third-order valence-electron chi connectivity index (χ3n) is 6.26. The van der Waals surface area contributed by atoms with Gasteiger partial charge in [0.05, 0.1) is 11.1 Å². The minimum Gasteiger partial charge on any atom is -0.508 e. The van der Waals surface area contributed by atoms with Crippen molar-refractivity contribution in [3.8, 4) is 16.9 Å². The largest absolute Gasteiger partial charge is 0.508 e. The Balaban J connectivity index is 1.60. The molecule has 0 saturated carbocycles. The molecule has 2 aromatic heterocycles. The maximum absolute atomic E-state index is 15.3. The predicted octanol–water partition coefficient (Wildman–Crippen LogP) is 6.13. The standard InChI is InChI=1S/C27H16ClFN2O3S/c1-31-11-19(18-9-21(29)17(10-22(18)31)13-2-4-14(28)5-3-13)24-25(27(34)30-26(24)33)20-12-35-23-8-15(32)6-7-16(20)23/h2-12,32H,1H3,(H,30,33,34). The molecule has 3 aromatic carbocycles. The van der Waals surface area contributed by atoms with Crippen LogP contribution in [0.15, 0.2) is 66.2 Å². The molecule has 5 aromatic rings. The van der Waals surface area contributed by atoms with Crippen molar-refractivity contribution in [1.29, 1.82) is 0 Å². The van der Waals surface area contributed by atoms with Gasteiger partial charge in [-0.1, -0.05) is 23.7 Å². The van der Waals surface area contributed by atoms with Crippen LogP contribution in [0.1, 0.15) is 11.1 Å². The maximum Gasteiger partial charge on any atom is 0.259 e. The van der Waals surface area contributed by atoms with Crippen LogP contribution in [0.5, 0.6) is 5.75 Å². The van der Waals surface area contributed by atoms with Gasteiger partial charge in [0.1, 0.15) is 11.6 Å². The van der Waals surface area contributed by atoms with Crippen LogP contribution >= 0.6 is 22.9 Å². The molecule has 0 unspecified atom stereocenters. The van der Waals surface area contributed by atoms with Crippen LogP contribution in [0.3, 0.4) is 0 Å². The first-order valence-electron chi connectivity index (χ1n) is 10.7. The lowest BCUT2D eigenvalue weighted by atomic mass is 9.94. The Bertz CT molecular complexity index is 1750. The van der Waals surface area contributed by atoms with E-state index in [0.29, 0.717) is 38.2 Å². The van der Waals surface area contributed by atoms with Gasteiger partial charge in [-0.25, -0.2) is 4.39 Å². The summed E-state index contributed by atoms with van der Waals surface area (Å²) in [5.41, 5.74) is 3.31. The van der Waals surface area contributed by atoms with Gasteiger partial charge in [0.25, 0.3) is 11.8 Å². The number of carbonyl (C=O) groups is 2. The molecule has 2 amide bonds. The fourth-order valence-corrected chi connectivity index (χ4v) is 5.74. The van der Waals surface area contributed by atoms with Crippen molar-refractivity contribution < 1.29 is 19.1 Å². The molecule has 0 spiro atoms. The summed E-state index contributed by atoms with van der Waals surface area (Å²) in [6, 6.07) is 14.9. The van der Waals surface area contributed by atoms with Crippen molar-refractivity contribution in [3.05, 3.63) is 88.1 Å². The SMILES string of the molecule is Cn1cc(C2=C(c3csc4cc(O)ccc34)C(=O)NC2=O)c2cc(F)c(-c3ccc(Cl)cc3)cc21. The molecule has 3 heterocycles. The molecule has 1 aliphatic rings. The van der Waals surface area contributed by atoms with Crippen LogP contribution in [0.4, 0.5) is 4.39 Å². The number of phenolic OH excluding ortho intramolecular Hbond substituents is 1. The second-order valence-electron chi connectivity index (χ2n) is 8.37. The molecule has 8 heteroatoms. The van der Waals surface area contributed by atoms with Crippen molar-refractivity contribution in [2.75, 3.05) is 0 Å². The number of nitrogens with zero attached hydrogens (tertiary/aromatic N) is 1. The van der Waals surface area contributed by atoms with E-state index in [1.807, 2.05) is 11.6 Å². The number of hydrogen-bond donors (Lipinski definition) is 2. The predicted molar refractivity (Wildman–Crippen MR) is 137 cm³/mol. The number of carbonyl (C=O) groups excluding carboxylic acids is 2. The van der Waals surface area contributed by atoms with Gasteiger partial charge in [-0.3, -0.25) is 14.9 Å². The van der Waals surface area contributed by atoms with Crippen LogP contribution in [-0.4, -0.2) is 21.5 Å². The summed E-state index contributed by atoms with van der Waals surface area (Å²) in [5.74, 6) is -1.37. The molecule has 2 N–H and O–H groups in total. The van der Waals surface area contributed by atoms with E-state index in [1.54, 1.807) is 60.1 Å². The minimum absolute atomic E-state index is 0.119. The molecule has 0 aliphatic carbocycles. The zero-order chi connectivity index (χ0) is 24.4. The highest BCUT2D eigenvalue weighted by Gasteiger charge is 2.35. The zero-order valence-corrected chi connectivity index (χ0v) is 19.8. The Kier molecular flexibility index (Phi) is 4.81. The highest BCUT2D eigenvalue weighted by molar-refractivity contribution is 7.17. The Morgan fingerprint density at radius 1 is 0.914 bits per heavy atom. The van der Waals surface area contributed by atoms with Crippen molar-refractivity contribution >= 4 is 66.9 Å². The molecule has 0 bridgehead atoms. The van der Waals surface area contributed by atoms with Crippen molar-refractivity contribution in [3.63, 3.8) is 0 Å². The number of benzene rings is 3. The molecule has 0 fully saturated rings. The summed E-state index contributed by atoms with van der Waals surface area (Å²) >= 11 is 7.35. The smallest absolute Gasteiger partial charge is 0.259 e. The number of aromatic nitrogens is 1. The first-order valence-corrected chi connectivity index (χ1v) is 11.9. The number of aromatic hydroxyl groups is 1. The number of halogens is 2. The number of imide groups is 1. The number of thiophene rings is 1. The summed E-state index contributed by atoms with van der Waals surface area (Å²) < 4.78 is 17.9. The molecule has 172 valence electrons. The minimum atomic E-state index is -0.530. The van der Waals surface area contributed by atoms with Gasteiger partial charge in [-0.2, -0.15) is 0 Å². The molecular formula is C27H16ClFN2O3S. The number of nitrogens with one attached hydrogen (secondary N) is 1. The van der Waals surface area contributed by atoms with E-state index >= 15 is 4.39 Å². The third kappa shape index (κ3) is 3.35. The Hall–Kier alpha value is -3.94. The van der Waals surface area contributed by atoms with Gasteiger partial charge < -0.3 is 9.67 Å². The van der Waals surface area contributed by atoms with Gasteiger partial charge in [0.15, 0.2) is 0 Å². The molecule has 5 nitrogen and oxygen atoms in total. The van der Waals surface area contributed by atoms with Crippen LogP contribution < -0.4 is 5.32 Å². The van der Waals surface area contributed by atoms with Crippen LogP contribution in [0, 0.1) is 5.82 Å². The normalized spacial score (nSPS) is 13.9. The van der Waals surface area contributed by atoms with E-state index < -0.39 is 17.6 Å². The molecule has 0 radical (unpaired) electrons. The number of phenols is 1. The average molecular weight is 503 g/mol. The molecule has 0 atom stereocenters. The first-order chi connectivity index (χ1) is 16.8. The van der Waals surface area contributed by atoms with Gasteiger partial charge in [-0.05, 0) is 48.0 Å². The molecule has 6 rings (SSSR count). The van der Waals surface area contributed by atoms with Crippen molar-refractivity contribution in [2.45, 2.75) is 0 Å². The highest BCUT2D eigenvalue weighted by Crippen LogP contribution is 2.41. The van der Waals surface area contributed by atoms with Crippen molar-refractivity contribution in [2.24, 2.45) is 7.05 Å². The lowest BCUT2D eigenvalue weighted by molar-refractivity contribution is -0.122. The second-order valence-corrected chi connectivity index (χ2v) is 9.72. The average Bonchev–Trinajstić information content (AvgIpc) is 3.46. The molecular weight excluding hydrogens is 487 g/mol. The summed E-state index contributed by atoms with van der Waals surface area (Å²) in [5, 5.41) is 15.8. The van der Waals surface area contributed by atoms with E-state index in [9.17, 15) is 14.7 Å². The van der Waals surface area contributed by atoms with Gasteiger partial charge >= 0.3 is 0 Å². The van der Waals surface area contributed by atoms with E-state index in [-0.39, 0.29) is 16.9 Å². The Labute approximate surface area is 207 Å². The second kappa shape index (κ2) is 7.80. The van der Waals surface area contributed by atoms with E-state index in [1.165, 1.54) is 17.4 Å². The first kappa shape index (κ1) is 21.6. The lowest BCUT2D eigenvalue weighted by Crippen LogP contribution is -2.22. The number of rotatable bonds is 3.